The first-order chi connectivity index (χ1) is 9.65. The van der Waals surface area contributed by atoms with Crippen LogP contribution in [0.5, 0.6) is 0 Å². The highest BCUT2D eigenvalue weighted by atomic mass is 16.7. The number of rotatable bonds is 5. The molecule has 0 spiro atoms. The zero-order valence-corrected chi connectivity index (χ0v) is 13.4. The summed E-state index contributed by atoms with van der Waals surface area (Å²) in [5.74, 6) is -1.46. The predicted molar refractivity (Wildman–Crippen MR) is 74.7 cm³/mol. The molecule has 1 saturated heterocycles. The number of esters is 1. The average Bonchev–Trinajstić information content (AvgIpc) is 2.73. The molecular formula is C14H25NO6. The summed E-state index contributed by atoms with van der Waals surface area (Å²) in [5.41, 5.74) is -0.649. The molecule has 1 aliphatic heterocycles. The SMILES string of the molecule is CCOC(=O)N[C@@H](CC1(C)OCCO1)C(=O)OC(C)(C)C. The third-order valence-corrected chi connectivity index (χ3v) is 2.73. The minimum absolute atomic E-state index is 0.153. The number of hydrogen-bond acceptors (Lipinski definition) is 6. The molecule has 7 nitrogen and oxygen atoms in total. The van der Waals surface area contributed by atoms with E-state index in [1.165, 1.54) is 0 Å². The van der Waals surface area contributed by atoms with Gasteiger partial charge in [-0.3, -0.25) is 0 Å². The van der Waals surface area contributed by atoms with Gasteiger partial charge in [-0.2, -0.15) is 0 Å². The molecule has 0 bridgehead atoms. The lowest BCUT2D eigenvalue weighted by Gasteiger charge is -2.29. The van der Waals surface area contributed by atoms with Crippen molar-refractivity contribution in [2.45, 2.75) is 58.5 Å². The fourth-order valence-corrected chi connectivity index (χ4v) is 1.93. The number of carbonyl (C=O) groups excluding carboxylic acids is 2. The predicted octanol–water partition coefficient (Wildman–Crippen LogP) is 1.60. The van der Waals surface area contributed by atoms with Crippen LogP contribution in [-0.2, 0) is 23.7 Å². The minimum Gasteiger partial charge on any atom is -0.458 e. The standard InChI is InChI=1S/C14H25NO6/c1-6-18-12(17)15-10(11(16)21-13(2,3)4)9-14(5)19-7-8-20-14/h10H,6-9H2,1-5H3,(H,15,17)/t10-/m0/s1. The maximum absolute atomic E-state index is 12.2. The lowest BCUT2D eigenvalue weighted by molar-refractivity contribution is -0.172. The minimum atomic E-state index is -0.916. The van der Waals surface area contributed by atoms with Crippen molar-refractivity contribution in [3.05, 3.63) is 0 Å². The summed E-state index contributed by atoms with van der Waals surface area (Å²) in [4.78, 5) is 23.8. The fraction of sp³-hybridized carbons (Fsp3) is 0.857. The number of amides is 1. The molecule has 0 unspecified atom stereocenters. The van der Waals surface area contributed by atoms with Crippen LogP contribution in [0.1, 0.15) is 41.0 Å². The van der Waals surface area contributed by atoms with Gasteiger partial charge in [0.15, 0.2) is 5.79 Å². The van der Waals surface area contributed by atoms with E-state index in [-0.39, 0.29) is 13.0 Å². The van der Waals surface area contributed by atoms with Crippen molar-refractivity contribution in [1.29, 1.82) is 0 Å². The van der Waals surface area contributed by atoms with Gasteiger partial charge in [-0.15, -0.1) is 0 Å². The van der Waals surface area contributed by atoms with Gasteiger partial charge in [-0.25, -0.2) is 9.59 Å². The first-order valence-electron chi connectivity index (χ1n) is 7.09. The molecule has 7 heteroatoms. The number of alkyl carbamates (subject to hydrolysis) is 1. The molecule has 0 radical (unpaired) electrons. The van der Waals surface area contributed by atoms with Crippen LogP contribution >= 0.6 is 0 Å². The van der Waals surface area contributed by atoms with E-state index in [2.05, 4.69) is 5.32 Å². The topological polar surface area (TPSA) is 83.1 Å². The molecule has 0 aromatic heterocycles. The molecule has 0 aromatic rings. The van der Waals surface area contributed by atoms with Gasteiger partial charge in [0.2, 0.25) is 0 Å². The Bertz CT molecular complexity index is 370. The number of carbonyl (C=O) groups is 2. The number of hydrogen-bond donors (Lipinski definition) is 1. The van der Waals surface area contributed by atoms with Crippen molar-refractivity contribution < 1.29 is 28.5 Å². The lowest BCUT2D eigenvalue weighted by Crippen LogP contribution is -2.48. The summed E-state index contributed by atoms with van der Waals surface area (Å²) < 4.78 is 21.1. The zero-order valence-electron chi connectivity index (χ0n) is 13.4. The molecule has 0 saturated carbocycles. The van der Waals surface area contributed by atoms with Gasteiger partial charge in [0.05, 0.1) is 19.8 Å². The first kappa shape index (κ1) is 17.7. The summed E-state index contributed by atoms with van der Waals surface area (Å²) in [6.45, 7) is 9.83. The molecule has 1 heterocycles. The highest BCUT2D eigenvalue weighted by Gasteiger charge is 2.39. The Hall–Kier alpha value is -1.34. The van der Waals surface area contributed by atoms with Crippen molar-refractivity contribution in [1.82, 2.24) is 5.32 Å². The first-order valence-corrected chi connectivity index (χ1v) is 7.09. The van der Waals surface area contributed by atoms with Crippen molar-refractivity contribution in [2.75, 3.05) is 19.8 Å². The molecule has 1 atom stereocenters. The Kier molecular flexibility index (Phi) is 5.98. The van der Waals surface area contributed by atoms with E-state index in [1.807, 2.05) is 0 Å². The van der Waals surface area contributed by atoms with Crippen LogP contribution in [0.3, 0.4) is 0 Å². The van der Waals surface area contributed by atoms with E-state index >= 15 is 0 Å². The van der Waals surface area contributed by atoms with E-state index in [0.29, 0.717) is 13.2 Å². The molecule has 21 heavy (non-hydrogen) atoms. The Morgan fingerprint density at radius 1 is 1.29 bits per heavy atom. The zero-order chi connectivity index (χ0) is 16.1. The molecule has 122 valence electrons. The molecule has 1 aliphatic rings. The van der Waals surface area contributed by atoms with Crippen molar-refractivity contribution >= 4 is 12.1 Å². The highest BCUT2D eigenvalue weighted by molar-refractivity contribution is 5.81. The fourth-order valence-electron chi connectivity index (χ4n) is 1.93. The van der Waals surface area contributed by atoms with Crippen LogP contribution < -0.4 is 5.32 Å². The highest BCUT2D eigenvalue weighted by Crippen LogP contribution is 2.25. The molecule has 1 fully saturated rings. The Labute approximate surface area is 125 Å². The summed E-state index contributed by atoms with van der Waals surface area (Å²) in [7, 11) is 0. The smallest absolute Gasteiger partial charge is 0.407 e. The van der Waals surface area contributed by atoms with Crippen LogP contribution in [0, 0.1) is 0 Å². The molecule has 0 aliphatic carbocycles. The Morgan fingerprint density at radius 2 is 1.86 bits per heavy atom. The lowest BCUT2D eigenvalue weighted by atomic mass is 10.1. The van der Waals surface area contributed by atoms with E-state index < -0.39 is 29.5 Å². The van der Waals surface area contributed by atoms with Gasteiger partial charge < -0.3 is 24.3 Å². The van der Waals surface area contributed by atoms with E-state index in [4.69, 9.17) is 18.9 Å². The molecular weight excluding hydrogens is 278 g/mol. The van der Waals surface area contributed by atoms with Crippen LogP contribution in [0.25, 0.3) is 0 Å². The second kappa shape index (κ2) is 7.09. The van der Waals surface area contributed by atoms with Gasteiger partial charge >= 0.3 is 12.1 Å². The molecule has 1 rings (SSSR count). The monoisotopic (exact) mass is 303 g/mol. The van der Waals surface area contributed by atoms with Crippen LogP contribution in [-0.4, -0.2) is 49.3 Å². The van der Waals surface area contributed by atoms with E-state index in [0.717, 1.165) is 0 Å². The van der Waals surface area contributed by atoms with Crippen LogP contribution in [0.2, 0.25) is 0 Å². The third kappa shape index (κ3) is 6.31. The normalized spacial score (nSPS) is 18.9. The summed E-state index contributed by atoms with van der Waals surface area (Å²) in [5, 5.41) is 2.50. The maximum Gasteiger partial charge on any atom is 0.407 e. The van der Waals surface area contributed by atoms with Crippen LogP contribution in [0.15, 0.2) is 0 Å². The maximum atomic E-state index is 12.2. The second-order valence-electron chi connectivity index (χ2n) is 5.99. The van der Waals surface area contributed by atoms with Gasteiger partial charge in [0.25, 0.3) is 0 Å². The summed E-state index contributed by atoms with van der Waals surface area (Å²) >= 11 is 0. The Morgan fingerprint density at radius 3 is 2.33 bits per heavy atom. The molecule has 1 amide bonds. The largest absolute Gasteiger partial charge is 0.458 e. The van der Waals surface area contributed by atoms with E-state index in [1.54, 1.807) is 34.6 Å². The van der Waals surface area contributed by atoms with Crippen molar-refractivity contribution in [2.24, 2.45) is 0 Å². The summed E-state index contributed by atoms with van der Waals surface area (Å²) in [6, 6.07) is -0.897. The molecule has 0 aromatic carbocycles. The van der Waals surface area contributed by atoms with Gasteiger partial charge in [-0.05, 0) is 34.6 Å². The van der Waals surface area contributed by atoms with E-state index in [9.17, 15) is 9.59 Å². The number of nitrogens with one attached hydrogen (secondary N) is 1. The van der Waals surface area contributed by atoms with Gasteiger partial charge in [0, 0.05) is 6.42 Å². The molecule has 1 N–H and O–H groups in total. The second-order valence-corrected chi connectivity index (χ2v) is 5.99. The Balaban J connectivity index is 2.73. The van der Waals surface area contributed by atoms with Crippen molar-refractivity contribution in [3.8, 4) is 0 Å². The third-order valence-electron chi connectivity index (χ3n) is 2.73. The van der Waals surface area contributed by atoms with Crippen molar-refractivity contribution in [3.63, 3.8) is 0 Å². The quantitative estimate of drug-likeness (QED) is 0.777. The van der Waals surface area contributed by atoms with Gasteiger partial charge in [0.1, 0.15) is 11.6 Å². The number of ether oxygens (including phenoxy) is 4. The van der Waals surface area contributed by atoms with Crippen LogP contribution in [0.4, 0.5) is 4.79 Å². The average molecular weight is 303 g/mol. The summed E-state index contributed by atoms with van der Waals surface area (Å²) in [6.07, 6.45) is -0.518. The van der Waals surface area contributed by atoms with Gasteiger partial charge in [-0.1, -0.05) is 0 Å².